The normalized spacial score (nSPS) is 22.6. The molecule has 0 bridgehead atoms. The Morgan fingerprint density at radius 3 is 3.00 bits per heavy atom. The van der Waals surface area contributed by atoms with Crippen LogP contribution in [0, 0.1) is 0 Å². The number of carbonyl (C=O) groups is 3. The summed E-state index contributed by atoms with van der Waals surface area (Å²) in [5.41, 5.74) is 0.724. The van der Waals surface area contributed by atoms with Gasteiger partial charge in [0.05, 0.1) is 24.9 Å². The summed E-state index contributed by atoms with van der Waals surface area (Å²) in [5.74, 6) is -0.485. The van der Waals surface area contributed by atoms with E-state index in [0.29, 0.717) is 24.6 Å². The van der Waals surface area contributed by atoms with Crippen LogP contribution in [0.25, 0.3) is 6.08 Å². The second-order valence-electron chi connectivity index (χ2n) is 5.36. The maximum absolute atomic E-state index is 11.8. The fourth-order valence-corrected chi connectivity index (χ4v) is 2.74. The van der Waals surface area contributed by atoms with Crippen molar-refractivity contribution in [3.63, 3.8) is 0 Å². The third-order valence-corrected chi connectivity index (χ3v) is 3.84. The molecule has 120 valence electrons. The minimum Gasteiger partial charge on any atom is -0.467 e. The molecule has 2 aliphatic heterocycles. The molecular weight excluding hydrogens is 300 g/mol. The first-order valence-corrected chi connectivity index (χ1v) is 7.31. The van der Waals surface area contributed by atoms with Crippen LogP contribution in [0.3, 0.4) is 0 Å². The van der Waals surface area contributed by atoms with Gasteiger partial charge in [-0.3, -0.25) is 9.59 Å². The number of ketones is 1. The van der Waals surface area contributed by atoms with E-state index in [1.54, 1.807) is 17.2 Å². The summed E-state index contributed by atoms with van der Waals surface area (Å²) in [6.45, 7) is 0.662. The summed E-state index contributed by atoms with van der Waals surface area (Å²) in [5, 5.41) is 2.50. The third-order valence-electron chi connectivity index (χ3n) is 3.84. The number of hydrogen-bond acceptors (Lipinski definition) is 7. The zero-order chi connectivity index (χ0) is 16.4. The number of rotatable bonds is 3. The highest BCUT2D eigenvalue weighted by molar-refractivity contribution is 6.16. The van der Waals surface area contributed by atoms with Crippen LogP contribution in [0.2, 0.25) is 0 Å². The highest BCUT2D eigenvalue weighted by atomic mass is 16.5. The second kappa shape index (κ2) is 6.15. The molecule has 1 unspecified atom stereocenters. The van der Waals surface area contributed by atoms with Gasteiger partial charge < -0.3 is 15.0 Å². The summed E-state index contributed by atoms with van der Waals surface area (Å²) in [7, 11) is 1.36. The number of anilines is 1. The molecule has 0 radical (unpaired) electrons. The molecule has 0 saturated carbocycles. The van der Waals surface area contributed by atoms with Gasteiger partial charge in [0.1, 0.15) is 6.04 Å². The van der Waals surface area contributed by atoms with Crippen LogP contribution in [-0.2, 0) is 19.1 Å². The molecule has 1 amide bonds. The van der Waals surface area contributed by atoms with Crippen LogP contribution in [0.15, 0.2) is 18.0 Å². The molecule has 3 rings (SSSR count). The molecule has 2 saturated heterocycles. The fraction of sp³-hybridized carbons (Fsp3) is 0.400. The first-order valence-electron chi connectivity index (χ1n) is 7.31. The predicted molar refractivity (Wildman–Crippen MR) is 80.2 cm³/mol. The molecule has 2 aliphatic rings. The molecule has 8 nitrogen and oxygen atoms in total. The molecule has 23 heavy (non-hydrogen) atoms. The number of esters is 1. The molecule has 2 fully saturated rings. The lowest BCUT2D eigenvalue weighted by Gasteiger charge is -2.22. The number of hydrogen-bond donors (Lipinski definition) is 1. The van der Waals surface area contributed by atoms with E-state index in [9.17, 15) is 14.4 Å². The summed E-state index contributed by atoms with van der Waals surface area (Å²) in [6, 6.07) is 1.24. The number of methoxy groups -OCH3 is 1. The van der Waals surface area contributed by atoms with Crippen LogP contribution < -0.4 is 10.2 Å². The molecule has 0 aromatic carbocycles. The van der Waals surface area contributed by atoms with Gasteiger partial charge in [-0.25, -0.2) is 14.8 Å². The van der Waals surface area contributed by atoms with Gasteiger partial charge in [-0.1, -0.05) is 0 Å². The Morgan fingerprint density at radius 1 is 1.48 bits per heavy atom. The van der Waals surface area contributed by atoms with Crippen molar-refractivity contribution >= 4 is 29.7 Å². The second-order valence-corrected chi connectivity index (χ2v) is 5.36. The Hall–Kier alpha value is -2.77. The van der Waals surface area contributed by atoms with E-state index >= 15 is 0 Å². The van der Waals surface area contributed by atoms with E-state index in [-0.39, 0.29) is 29.8 Å². The molecule has 1 aromatic rings. The molecule has 0 spiro atoms. The van der Waals surface area contributed by atoms with Crippen molar-refractivity contribution < 1.29 is 19.1 Å². The smallest absolute Gasteiger partial charge is 0.328 e. The summed E-state index contributed by atoms with van der Waals surface area (Å²) >= 11 is 0. The van der Waals surface area contributed by atoms with E-state index < -0.39 is 6.04 Å². The minimum atomic E-state index is -0.393. The standard InChI is InChI=1S/C15H16N4O4/c1-23-14(22)11-3-2-6-19(11)15-16-5-4-9(17-15)7-10-12(20)8-13(21)18-10/h4-5,7,11H,2-3,6,8H2,1H3,(H,18,21)/b10-7-. The number of carbonyl (C=O) groups excluding carboxylic acids is 3. The van der Waals surface area contributed by atoms with Crippen molar-refractivity contribution in [3.05, 3.63) is 23.7 Å². The van der Waals surface area contributed by atoms with Crippen molar-refractivity contribution in [1.29, 1.82) is 0 Å². The number of ether oxygens (including phenoxy) is 1. The first kappa shape index (κ1) is 15.1. The van der Waals surface area contributed by atoms with Gasteiger partial charge in [-0.15, -0.1) is 0 Å². The lowest BCUT2D eigenvalue weighted by Crippen LogP contribution is -2.38. The van der Waals surface area contributed by atoms with Gasteiger partial charge >= 0.3 is 5.97 Å². The highest BCUT2D eigenvalue weighted by Gasteiger charge is 2.33. The molecule has 1 atom stereocenters. The van der Waals surface area contributed by atoms with E-state index in [2.05, 4.69) is 15.3 Å². The number of amides is 1. The average Bonchev–Trinajstić information content (AvgIpc) is 3.14. The zero-order valence-electron chi connectivity index (χ0n) is 12.6. The van der Waals surface area contributed by atoms with Gasteiger partial charge in [-0.2, -0.15) is 0 Å². The van der Waals surface area contributed by atoms with Crippen molar-refractivity contribution in [2.45, 2.75) is 25.3 Å². The minimum absolute atomic E-state index is 0.139. The maximum atomic E-state index is 11.8. The highest BCUT2D eigenvalue weighted by Crippen LogP contribution is 2.23. The Balaban J connectivity index is 1.85. The topological polar surface area (TPSA) is 101 Å². The van der Waals surface area contributed by atoms with Gasteiger partial charge in [-0.05, 0) is 25.0 Å². The number of aromatic nitrogens is 2. The average molecular weight is 316 g/mol. The fourth-order valence-electron chi connectivity index (χ4n) is 2.74. The van der Waals surface area contributed by atoms with Crippen LogP contribution in [0.1, 0.15) is 25.0 Å². The number of Topliss-reactive ketones (excluding diaryl/α,β-unsaturated/α-hetero) is 1. The van der Waals surface area contributed by atoms with E-state index in [0.717, 1.165) is 6.42 Å². The Morgan fingerprint density at radius 2 is 2.30 bits per heavy atom. The monoisotopic (exact) mass is 316 g/mol. The quantitative estimate of drug-likeness (QED) is 0.477. The zero-order valence-corrected chi connectivity index (χ0v) is 12.6. The molecule has 1 N–H and O–H groups in total. The van der Waals surface area contributed by atoms with Gasteiger partial charge in [0.2, 0.25) is 11.9 Å². The van der Waals surface area contributed by atoms with E-state index in [4.69, 9.17) is 4.74 Å². The van der Waals surface area contributed by atoms with Crippen LogP contribution in [0.4, 0.5) is 5.95 Å². The molecule has 3 heterocycles. The van der Waals surface area contributed by atoms with Crippen molar-refractivity contribution in [3.8, 4) is 0 Å². The molecule has 0 aliphatic carbocycles. The van der Waals surface area contributed by atoms with Crippen molar-refractivity contribution in [2.75, 3.05) is 18.6 Å². The van der Waals surface area contributed by atoms with E-state index in [1.165, 1.54) is 13.2 Å². The predicted octanol–water partition coefficient (Wildman–Crippen LogP) is 0.0483. The van der Waals surface area contributed by atoms with Crippen molar-refractivity contribution in [1.82, 2.24) is 15.3 Å². The molecule has 1 aromatic heterocycles. The summed E-state index contributed by atoms with van der Waals surface area (Å²) < 4.78 is 4.81. The first-order chi connectivity index (χ1) is 11.1. The number of nitrogens with one attached hydrogen (secondary N) is 1. The maximum Gasteiger partial charge on any atom is 0.328 e. The third kappa shape index (κ3) is 3.05. The summed E-state index contributed by atoms with van der Waals surface area (Å²) in [4.78, 5) is 45.0. The summed E-state index contributed by atoms with van der Waals surface area (Å²) in [6.07, 6.45) is 4.48. The van der Waals surface area contributed by atoms with Gasteiger partial charge in [0.25, 0.3) is 0 Å². The van der Waals surface area contributed by atoms with Crippen molar-refractivity contribution in [2.24, 2.45) is 0 Å². The largest absolute Gasteiger partial charge is 0.467 e. The lowest BCUT2D eigenvalue weighted by molar-refractivity contribution is -0.142. The lowest BCUT2D eigenvalue weighted by atomic mass is 10.2. The van der Waals surface area contributed by atoms with Crippen LogP contribution in [0.5, 0.6) is 0 Å². The van der Waals surface area contributed by atoms with Gasteiger partial charge in [0, 0.05) is 12.7 Å². The van der Waals surface area contributed by atoms with E-state index in [1.807, 2.05) is 0 Å². The van der Waals surface area contributed by atoms with Gasteiger partial charge in [0.15, 0.2) is 5.78 Å². The number of nitrogens with zero attached hydrogens (tertiary/aromatic N) is 3. The van der Waals surface area contributed by atoms with Crippen LogP contribution in [-0.4, -0.2) is 47.3 Å². The Labute approximate surface area is 132 Å². The SMILES string of the molecule is COC(=O)C1CCCN1c1nccc(/C=C2\NC(=O)CC2=O)n1. The Kier molecular flexibility index (Phi) is 4.05. The molecular formula is C15H16N4O4. The molecule has 8 heteroatoms. The number of allylic oxidation sites excluding steroid dienone is 1. The Bertz CT molecular complexity index is 700. The van der Waals surface area contributed by atoms with Crippen LogP contribution >= 0.6 is 0 Å².